The number of nitrogens with zero attached hydrogens (tertiary/aromatic N) is 3. The molecule has 112 valence electrons. The van der Waals surface area contributed by atoms with Crippen molar-refractivity contribution in [3.8, 4) is 0 Å². The van der Waals surface area contributed by atoms with Gasteiger partial charge in [0.15, 0.2) is 0 Å². The van der Waals surface area contributed by atoms with E-state index in [4.69, 9.17) is 5.11 Å². The summed E-state index contributed by atoms with van der Waals surface area (Å²) in [6.07, 6.45) is 7.12. The van der Waals surface area contributed by atoms with Gasteiger partial charge in [-0.15, -0.1) is 0 Å². The first kappa shape index (κ1) is 13.8. The Morgan fingerprint density at radius 1 is 1.29 bits per heavy atom. The Morgan fingerprint density at radius 3 is 2.57 bits per heavy atom. The summed E-state index contributed by atoms with van der Waals surface area (Å²) in [4.78, 5) is 32.9. The van der Waals surface area contributed by atoms with Gasteiger partial charge in [0.2, 0.25) is 0 Å². The van der Waals surface area contributed by atoms with Gasteiger partial charge in [-0.25, -0.2) is 14.8 Å². The second-order valence-electron chi connectivity index (χ2n) is 5.74. The van der Waals surface area contributed by atoms with Crippen molar-refractivity contribution in [1.29, 1.82) is 0 Å². The summed E-state index contributed by atoms with van der Waals surface area (Å²) >= 11 is 0. The molecular formula is C14H18N4O3. The predicted molar refractivity (Wildman–Crippen MR) is 74.8 cm³/mol. The summed E-state index contributed by atoms with van der Waals surface area (Å²) in [6, 6.07) is -0.294. The van der Waals surface area contributed by atoms with E-state index in [1.54, 1.807) is 12.4 Å². The first-order valence-corrected chi connectivity index (χ1v) is 7.21. The quantitative estimate of drug-likeness (QED) is 0.873. The zero-order valence-electron chi connectivity index (χ0n) is 11.7. The van der Waals surface area contributed by atoms with Crippen LogP contribution in [-0.2, 0) is 11.2 Å². The Morgan fingerprint density at radius 2 is 2.00 bits per heavy atom. The highest BCUT2D eigenvalue weighted by Crippen LogP contribution is 2.31. The van der Waals surface area contributed by atoms with Crippen LogP contribution >= 0.6 is 0 Å². The Balaban J connectivity index is 1.53. The molecule has 7 heteroatoms. The van der Waals surface area contributed by atoms with Crippen LogP contribution in [0.4, 0.5) is 10.5 Å². The summed E-state index contributed by atoms with van der Waals surface area (Å²) < 4.78 is 0. The van der Waals surface area contributed by atoms with Gasteiger partial charge in [-0.2, -0.15) is 0 Å². The van der Waals surface area contributed by atoms with Gasteiger partial charge in [-0.05, 0) is 25.2 Å². The summed E-state index contributed by atoms with van der Waals surface area (Å²) in [7, 11) is 0. The first-order chi connectivity index (χ1) is 10.1. The van der Waals surface area contributed by atoms with Crippen LogP contribution in [0.5, 0.6) is 0 Å². The van der Waals surface area contributed by atoms with Gasteiger partial charge >= 0.3 is 12.0 Å². The maximum atomic E-state index is 12.0. The van der Waals surface area contributed by atoms with E-state index < -0.39 is 11.9 Å². The largest absolute Gasteiger partial charge is 0.481 e. The van der Waals surface area contributed by atoms with E-state index in [2.05, 4.69) is 15.3 Å². The molecule has 1 aromatic heterocycles. The molecule has 21 heavy (non-hydrogen) atoms. The predicted octanol–water partition coefficient (Wildman–Crippen LogP) is 1.37. The number of hydrogen-bond acceptors (Lipinski definition) is 4. The highest BCUT2D eigenvalue weighted by atomic mass is 16.4. The highest BCUT2D eigenvalue weighted by molar-refractivity contribution is 5.89. The van der Waals surface area contributed by atoms with Crippen molar-refractivity contribution in [3.63, 3.8) is 0 Å². The summed E-state index contributed by atoms with van der Waals surface area (Å²) in [5, 5.41) is 11.6. The van der Waals surface area contributed by atoms with Crippen LogP contribution in [0.15, 0.2) is 12.4 Å². The highest BCUT2D eigenvalue weighted by Gasteiger charge is 2.30. The van der Waals surface area contributed by atoms with Gasteiger partial charge < -0.3 is 15.3 Å². The van der Waals surface area contributed by atoms with E-state index in [1.807, 2.05) is 0 Å². The lowest BCUT2D eigenvalue weighted by atomic mass is 10.1. The number of carbonyl (C=O) groups is 2. The minimum atomic E-state index is -0.849. The third-order valence-electron chi connectivity index (χ3n) is 3.95. The fourth-order valence-corrected chi connectivity index (χ4v) is 2.45. The monoisotopic (exact) mass is 290 g/mol. The molecule has 1 saturated carbocycles. The number of aliphatic carboxylic acids is 1. The van der Waals surface area contributed by atoms with E-state index in [9.17, 15) is 9.59 Å². The molecule has 1 aromatic rings. The SMILES string of the molecule is O=C(O)C1CCN(C(=O)Nc2cnc(CC3CC3)nc2)C1. The minimum absolute atomic E-state index is 0.252. The maximum Gasteiger partial charge on any atom is 0.321 e. The van der Waals surface area contributed by atoms with Gasteiger partial charge in [0.1, 0.15) is 5.82 Å². The molecule has 2 fully saturated rings. The van der Waals surface area contributed by atoms with Crippen LogP contribution in [0.1, 0.15) is 25.1 Å². The smallest absolute Gasteiger partial charge is 0.321 e. The van der Waals surface area contributed by atoms with Gasteiger partial charge in [0, 0.05) is 19.5 Å². The molecule has 7 nitrogen and oxygen atoms in total. The second-order valence-corrected chi connectivity index (χ2v) is 5.74. The normalized spacial score (nSPS) is 21.3. The molecule has 1 saturated heterocycles. The number of carbonyl (C=O) groups excluding carboxylic acids is 1. The molecule has 0 spiro atoms. The lowest BCUT2D eigenvalue weighted by molar-refractivity contribution is -0.141. The first-order valence-electron chi connectivity index (χ1n) is 7.21. The van der Waals surface area contributed by atoms with Crippen LogP contribution < -0.4 is 5.32 Å². The molecule has 2 N–H and O–H groups in total. The van der Waals surface area contributed by atoms with Crippen LogP contribution in [0.25, 0.3) is 0 Å². The van der Waals surface area contributed by atoms with Gasteiger partial charge in [-0.1, -0.05) is 0 Å². The molecule has 1 aliphatic carbocycles. The molecular weight excluding hydrogens is 272 g/mol. The molecule has 0 bridgehead atoms. The summed E-state index contributed by atoms with van der Waals surface area (Å²) in [5.41, 5.74) is 0.540. The van der Waals surface area contributed by atoms with Crippen molar-refractivity contribution in [3.05, 3.63) is 18.2 Å². The Kier molecular flexibility index (Phi) is 3.72. The molecule has 0 aromatic carbocycles. The Hall–Kier alpha value is -2.18. The average molecular weight is 290 g/mol. The average Bonchev–Trinajstić information content (AvgIpc) is 3.13. The molecule has 3 rings (SSSR count). The number of hydrogen-bond donors (Lipinski definition) is 2. The van der Waals surface area contributed by atoms with Crippen molar-refractivity contribution >= 4 is 17.7 Å². The van der Waals surface area contributed by atoms with Crippen molar-refractivity contribution in [2.24, 2.45) is 11.8 Å². The van der Waals surface area contributed by atoms with Crippen LogP contribution in [0.3, 0.4) is 0 Å². The molecule has 0 radical (unpaired) electrons. The number of nitrogens with one attached hydrogen (secondary N) is 1. The number of urea groups is 1. The topological polar surface area (TPSA) is 95.4 Å². The van der Waals surface area contributed by atoms with Gasteiger partial charge in [-0.3, -0.25) is 4.79 Å². The Labute approximate surface area is 122 Å². The lowest BCUT2D eigenvalue weighted by Crippen LogP contribution is -2.33. The number of carboxylic acids is 1. The molecule has 2 amide bonds. The van der Waals surface area contributed by atoms with Crippen molar-refractivity contribution in [1.82, 2.24) is 14.9 Å². The van der Waals surface area contributed by atoms with Crippen molar-refractivity contribution < 1.29 is 14.7 Å². The van der Waals surface area contributed by atoms with E-state index >= 15 is 0 Å². The number of anilines is 1. The standard InChI is InChI=1S/C14H18N4O3/c19-13(20)10-3-4-18(8-10)14(21)17-11-6-15-12(16-7-11)5-9-1-2-9/h6-7,9-10H,1-5,8H2,(H,17,21)(H,19,20). The fourth-order valence-electron chi connectivity index (χ4n) is 2.45. The van der Waals surface area contributed by atoms with Crippen LogP contribution in [0, 0.1) is 11.8 Å². The van der Waals surface area contributed by atoms with Crippen molar-refractivity contribution in [2.75, 3.05) is 18.4 Å². The number of likely N-dealkylation sites (tertiary alicyclic amines) is 1. The van der Waals surface area contributed by atoms with Gasteiger partial charge in [0.05, 0.1) is 24.0 Å². The zero-order valence-corrected chi connectivity index (χ0v) is 11.7. The maximum absolute atomic E-state index is 12.0. The van der Waals surface area contributed by atoms with Crippen LogP contribution in [0.2, 0.25) is 0 Å². The van der Waals surface area contributed by atoms with E-state index in [1.165, 1.54) is 17.7 Å². The van der Waals surface area contributed by atoms with E-state index in [0.29, 0.717) is 18.7 Å². The Bertz CT molecular complexity index is 542. The van der Waals surface area contributed by atoms with Gasteiger partial charge in [0.25, 0.3) is 0 Å². The van der Waals surface area contributed by atoms with E-state index in [-0.39, 0.29) is 12.6 Å². The minimum Gasteiger partial charge on any atom is -0.481 e. The van der Waals surface area contributed by atoms with E-state index in [0.717, 1.165) is 18.2 Å². The zero-order chi connectivity index (χ0) is 14.8. The molecule has 1 atom stereocenters. The summed E-state index contributed by atoms with van der Waals surface area (Å²) in [6.45, 7) is 0.714. The second kappa shape index (κ2) is 5.67. The molecule has 1 aliphatic heterocycles. The summed E-state index contributed by atoms with van der Waals surface area (Å²) in [5.74, 6) is 0.219. The number of rotatable bonds is 4. The molecule has 2 aliphatic rings. The lowest BCUT2D eigenvalue weighted by Gasteiger charge is -2.16. The third-order valence-corrected chi connectivity index (χ3v) is 3.95. The van der Waals surface area contributed by atoms with Crippen molar-refractivity contribution in [2.45, 2.75) is 25.7 Å². The molecule has 1 unspecified atom stereocenters. The fraction of sp³-hybridized carbons (Fsp3) is 0.571. The molecule has 2 heterocycles. The number of carboxylic acid groups (broad SMARTS) is 1. The third kappa shape index (κ3) is 3.48. The number of amides is 2. The van der Waals surface area contributed by atoms with Crippen LogP contribution in [-0.4, -0.2) is 45.1 Å². The number of aromatic nitrogens is 2.